The quantitative estimate of drug-likeness (QED) is 0.894. The van der Waals surface area contributed by atoms with Crippen molar-refractivity contribution >= 4 is 17.7 Å². The van der Waals surface area contributed by atoms with Crippen LogP contribution in [0.1, 0.15) is 25.8 Å². The number of hydrogen-bond acceptors (Lipinski definition) is 3. The Hall–Kier alpha value is -1.07. The molecule has 20 heavy (non-hydrogen) atoms. The van der Waals surface area contributed by atoms with Crippen molar-refractivity contribution in [1.82, 2.24) is 5.32 Å². The van der Waals surface area contributed by atoms with Crippen LogP contribution in [0.15, 0.2) is 24.3 Å². The molecule has 1 fully saturated rings. The predicted octanol–water partition coefficient (Wildman–Crippen LogP) is 2.09. The topological polar surface area (TPSA) is 49.3 Å². The molecule has 0 saturated carbocycles. The zero-order chi connectivity index (χ0) is 14.8. The van der Waals surface area contributed by atoms with Gasteiger partial charge < -0.3 is 10.4 Å². The van der Waals surface area contributed by atoms with Gasteiger partial charge in [-0.05, 0) is 32.1 Å². The van der Waals surface area contributed by atoms with Crippen molar-refractivity contribution in [2.75, 3.05) is 18.1 Å². The van der Waals surface area contributed by atoms with E-state index >= 15 is 0 Å². The molecular weight excluding hydrogens is 277 g/mol. The lowest BCUT2D eigenvalue weighted by molar-refractivity contribution is -0.126. The van der Waals surface area contributed by atoms with E-state index in [0.29, 0.717) is 17.7 Å². The van der Waals surface area contributed by atoms with Gasteiger partial charge in [0.05, 0.1) is 11.0 Å². The van der Waals surface area contributed by atoms with Crippen molar-refractivity contribution in [3.63, 3.8) is 0 Å². The third kappa shape index (κ3) is 3.15. The SMILES string of the molecule is CC(C)(C(=O)NCC1(O)CCSC1)c1ccccc1F. The second kappa shape index (κ2) is 5.74. The third-order valence-corrected chi connectivity index (χ3v) is 5.01. The van der Waals surface area contributed by atoms with E-state index in [-0.39, 0.29) is 18.3 Å². The van der Waals surface area contributed by atoms with E-state index in [1.807, 2.05) is 0 Å². The minimum atomic E-state index is -0.965. The van der Waals surface area contributed by atoms with Crippen LogP contribution in [0.3, 0.4) is 0 Å². The van der Waals surface area contributed by atoms with Gasteiger partial charge in [-0.3, -0.25) is 4.79 Å². The van der Waals surface area contributed by atoms with Crippen LogP contribution in [-0.2, 0) is 10.2 Å². The number of halogens is 1. The number of benzene rings is 1. The summed E-state index contributed by atoms with van der Waals surface area (Å²) in [7, 11) is 0. The monoisotopic (exact) mass is 297 g/mol. The molecular formula is C15H20FNO2S. The Morgan fingerprint density at radius 1 is 1.50 bits per heavy atom. The highest BCUT2D eigenvalue weighted by Crippen LogP contribution is 2.29. The molecule has 1 atom stereocenters. The van der Waals surface area contributed by atoms with E-state index in [9.17, 15) is 14.3 Å². The molecule has 2 rings (SSSR count). The van der Waals surface area contributed by atoms with E-state index in [1.165, 1.54) is 6.07 Å². The van der Waals surface area contributed by atoms with Gasteiger partial charge in [0.1, 0.15) is 5.82 Å². The molecule has 1 aromatic carbocycles. The maximum atomic E-state index is 13.8. The van der Waals surface area contributed by atoms with Crippen LogP contribution in [0.25, 0.3) is 0 Å². The summed E-state index contributed by atoms with van der Waals surface area (Å²) in [5.41, 5.74) is -1.43. The summed E-state index contributed by atoms with van der Waals surface area (Å²) < 4.78 is 13.8. The van der Waals surface area contributed by atoms with Crippen LogP contribution in [0.2, 0.25) is 0 Å². The first-order chi connectivity index (χ1) is 9.35. The minimum absolute atomic E-state index is 0.219. The average molecular weight is 297 g/mol. The maximum absolute atomic E-state index is 13.8. The van der Waals surface area contributed by atoms with Gasteiger partial charge in [0.2, 0.25) is 5.91 Å². The Bertz CT molecular complexity index is 498. The molecule has 0 spiro atoms. The second-order valence-electron chi connectivity index (χ2n) is 5.81. The fraction of sp³-hybridized carbons (Fsp3) is 0.533. The number of nitrogens with one attached hydrogen (secondary N) is 1. The van der Waals surface area contributed by atoms with Gasteiger partial charge in [-0.25, -0.2) is 4.39 Å². The minimum Gasteiger partial charge on any atom is -0.387 e. The van der Waals surface area contributed by atoms with Crippen LogP contribution in [0, 0.1) is 5.82 Å². The molecule has 1 aliphatic heterocycles. The molecule has 0 aliphatic carbocycles. The van der Waals surface area contributed by atoms with Crippen LogP contribution in [0.5, 0.6) is 0 Å². The second-order valence-corrected chi connectivity index (χ2v) is 6.92. The molecule has 0 radical (unpaired) electrons. The summed E-state index contributed by atoms with van der Waals surface area (Å²) in [5, 5.41) is 13.0. The number of aliphatic hydroxyl groups is 1. The van der Waals surface area contributed by atoms with Gasteiger partial charge in [-0.15, -0.1) is 0 Å². The predicted molar refractivity (Wildman–Crippen MR) is 79.3 cm³/mol. The Labute approximate surface area is 123 Å². The van der Waals surface area contributed by atoms with E-state index in [2.05, 4.69) is 5.32 Å². The Morgan fingerprint density at radius 3 is 2.80 bits per heavy atom. The zero-order valence-electron chi connectivity index (χ0n) is 11.8. The number of amides is 1. The maximum Gasteiger partial charge on any atom is 0.230 e. The standard InChI is InChI=1S/C15H20FNO2S/c1-14(2,11-5-3-4-6-12(11)16)13(18)17-9-15(19)7-8-20-10-15/h3-6,19H,7-10H2,1-2H3,(H,17,18). The highest BCUT2D eigenvalue weighted by molar-refractivity contribution is 7.99. The Morgan fingerprint density at radius 2 is 2.20 bits per heavy atom. The Balaban J connectivity index is 2.06. The van der Waals surface area contributed by atoms with E-state index < -0.39 is 11.0 Å². The number of carbonyl (C=O) groups excluding carboxylic acids is 1. The largest absolute Gasteiger partial charge is 0.387 e. The highest BCUT2D eigenvalue weighted by atomic mass is 32.2. The van der Waals surface area contributed by atoms with Crippen molar-refractivity contribution in [2.45, 2.75) is 31.3 Å². The lowest BCUT2D eigenvalue weighted by atomic mass is 9.83. The lowest BCUT2D eigenvalue weighted by Gasteiger charge is -2.28. The summed E-state index contributed by atoms with van der Waals surface area (Å²) in [6, 6.07) is 6.29. The number of hydrogen-bond donors (Lipinski definition) is 2. The first-order valence-electron chi connectivity index (χ1n) is 6.69. The summed E-state index contributed by atoms with van der Waals surface area (Å²) in [6.07, 6.45) is 0.679. The molecule has 1 aliphatic rings. The molecule has 3 nitrogen and oxygen atoms in total. The summed E-state index contributed by atoms with van der Waals surface area (Å²) in [5.74, 6) is 0.881. The lowest BCUT2D eigenvalue weighted by Crippen LogP contribution is -2.48. The van der Waals surface area contributed by atoms with Crippen molar-refractivity contribution < 1.29 is 14.3 Å². The number of rotatable bonds is 4. The van der Waals surface area contributed by atoms with Crippen molar-refractivity contribution in [3.8, 4) is 0 Å². The van der Waals surface area contributed by atoms with Gasteiger partial charge in [0.15, 0.2) is 0 Å². The molecule has 0 bridgehead atoms. The molecule has 0 aromatic heterocycles. The number of thioether (sulfide) groups is 1. The van der Waals surface area contributed by atoms with Gasteiger partial charge >= 0.3 is 0 Å². The first kappa shape index (κ1) is 15.3. The van der Waals surface area contributed by atoms with Crippen LogP contribution in [-0.4, -0.2) is 34.7 Å². The summed E-state index contributed by atoms with van der Waals surface area (Å²) in [6.45, 7) is 3.60. The summed E-state index contributed by atoms with van der Waals surface area (Å²) >= 11 is 1.68. The van der Waals surface area contributed by atoms with E-state index in [1.54, 1.807) is 43.8 Å². The van der Waals surface area contributed by atoms with Gasteiger partial charge in [-0.2, -0.15) is 11.8 Å². The van der Waals surface area contributed by atoms with Crippen LogP contribution >= 0.6 is 11.8 Å². The average Bonchev–Trinajstić information content (AvgIpc) is 2.83. The normalized spacial score (nSPS) is 22.8. The van der Waals surface area contributed by atoms with Gasteiger partial charge in [-0.1, -0.05) is 18.2 Å². The van der Waals surface area contributed by atoms with Crippen molar-refractivity contribution in [1.29, 1.82) is 0 Å². The molecule has 1 heterocycles. The third-order valence-electron chi connectivity index (χ3n) is 3.78. The molecule has 1 unspecified atom stereocenters. The summed E-state index contributed by atoms with van der Waals surface area (Å²) in [4.78, 5) is 12.3. The number of carbonyl (C=O) groups is 1. The van der Waals surface area contributed by atoms with Gasteiger partial charge in [0, 0.05) is 17.9 Å². The highest BCUT2D eigenvalue weighted by Gasteiger charge is 2.36. The van der Waals surface area contributed by atoms with Crippen LogP contribution in [0.4, 0.5) is 4.39 Å². The zero-order valence-corrected chi connectivity index (χ0v) is 12.6. The molecule has 110 valence electrons. The molecule has 5 heteroatoms. The van der Waals surface area contributed by atoms with Gasteiger partial charge in [0.25, 0.3) is 0 Å². The van der Waals surface area contributed by atoms with Crippen molar-refractivity contribution in [3.05, 3.63) is 35.6 Å². The molecule has 1 saturated heterocycles. The fourth-order valence-corrected chi connectivity index (χ4v) is 3.59. The van der Waals surface area contributed by atoms with Crippen molar-refractivity contribution in [2.24, 2.45) is 0 Å². The Kier molecular flexibility index (Phi) is 4.39. The fourth-order valence-electron chi connectivity index (χ4n) is 2.29. The van der Waals surface area contributed by atoms with Crippen LogP contribution < -0.4 is 5.32 Å². The molecule has 2 N–H and O–H groups in total. The van der Waals surface area contributed by atoms with E-state index in [4.69, 9.17) is 0 Å². The molecule has 1 amide bonds. The smallest absolute Gasteiger partial charge is 0.230 e. The molecule has 1 aromatic rings. The first-order valence-corrected chi connectivity index (χ1v) is 7.84. The van der Waals surface area contributed by atoms with E-state index in [0.717, 1.165) is 5.75 Å².